The molecule has 2 N–H and O–H groups in total. The predicted octanol–water partition coefficient (Wildman–Crippen LogP) is 3.51. The van der Waals surface area contributed by atoms with Crippen LogP contribution in [0.25, 0.3) is 0 Å². The van der Waals surface area contributed by atoms with Crippen LogP contribution in [0, 0.1) is 5.41 Å². The number of aliphatic hydroxyl groups is 2. The van der Waals surface area contributed by atoms with Crippen LogP contribution in [0.15, 0.2) is 0 Å². The first kappa shape index (κ1) is 15.9. The zero-order valence-electron chi connectivity index (χ0n) is 11.2. The fraction of sp³-hybridized carbons (Fsp3) is 1.00. The molecular formula is C14H30O2. The van der Waals surface area contributed by atoms with Crippen molar-refractivity contribution in [2.45, 2.75) is 71.6 Å². The SMILES string of the molecule is CCCCCCC(CO)(CO)CCCCC. The van der Waals surface area contributed by atoms with Gasteiger partial charge in [-0.1, -0.05) is 58.8 Å². The average molecular weight is 230 g/mol. The Balaban J connectivity index is 3.90. The Hall–Kier alpha value is -0.0800. The zero-order valence-corrected chi connectivity index (χ0v) is 11.2. The lowest BCUT2D eigenvalue weighted by atomic mass is 9.79. The van der Waals surface area contributed by atoms with Crippen LogP contribution in [0.4, 0.5) is 0 Å². The van der Waals surface area contributed by atoms with Crippen molar-refractivity contribution in [3.05, 3.63) is 0 Å². The van der Waals surface area contributed by atoms with E-state index < -0.39 is 0 Å². The maximum atomic E-state index is 9.47. The molecule has 0 aromatic rings. The number of unbranched alkanes of at least 4 members (excludes halogenated alkanes) is 5. The monoisotopic (exact) mass is 230 g/mol. The van der Waals surface area contributed by atoms with Gasteiger partial charge in [-0.15, -0.1) is 0 Å². The van der Waals surface area contributed by atoms with Crippen LogP contribution < -0.4 is 0 Å². The first-order chi connectivity index (χ1) is 7.74. The second kappa shape index (κ2) is 10.1. The van der Waals surface area contributed by atoms with E-state index in [0.717, 1.165) is 25.7 Å². The van der Waals surface area contributed by atoms with Gasteiger partial charge in [0.15, 0.2) is 0 Å². The van der Waals surface area contributed by atoms with E-state index in [1.54, 1.807) is 0 Å². The minimum Gasteiger partial charge on any atom is -0.396 e. The number of aliphatic hydroxyl groups excluding tert-OH is 2. The van der Waals surface area contributed by atoms with Crippen LogP contribution in [0.2, 0.25) is 0 Å². The molecule has 0 amide bonds. The van der Waals surface area contributed by atoms with Crippen molar-refractivity contribution in [2.24, 2.45) is 5.41 Å². The Bertz CT molecular complexity index is 142. The Kier molecular flexibility index (Phi) is 10.0. The van der Waals surface area contributed by atoms with Crippen LogP contribution in [-0.4, -0.2) is 23.4 Å². The van der Waals surface area contributed by atoms with E-state index in [1.165, 1.54) is 32.1 Å². The van der Waals surface area contributed by atoms with E-state index in [9.17, 15) is 10.2 Å². The van der Waals surface area contributed by atoms with Gasteiger partial charge in [-0.2, -0.15) is 0 Å². The number of hydrogen-bond donors (Lipinski definition) is 2. The number of rotatable bonds is 11. The van der Waals surface area contributed by atoms with Crippen molar-refractivity contribution in [2.75, 3.05) is 13.2 Å². The summed E-state index contributed by atoms with van der Waals surface area (Å²) < 4.78 is 0. The summed E-state index contributed by atoms with van der Waals surface area (Å²) in [5, 5.41) is 18.9. The minimum atomic E-state index is -0.205. The lowest BCUT2D eigenvalue weighted by Crippen LogP contribution is -2.29. The zero-order chi connectivity index (χ0) is 12.3. The molecule has 0 heterocycles. The molecule has 0 aromatic carbocycles. The Morgan fingerprint density at radius 1 is 0.688 bits per heavy atom. The lowest BCUT2D eigenvalue weighted by molar-refractivity contribution is 0.0354. The summed E-state index contributed by atoms with van der Waals surface area (Å²) in [7, 11) is 0. The van der Waals surface area contributed by atoms with Gasteiger partial charge in [-0.25, -0.2) is 0 Å². The summed E-state index contributed by atoms with van der Waals surface area (Å²) in [6, 6.07) is 0. The standard InChI is InChI=1S/C14H30O2/c1-3-5-7-9-11-14(12-15,13-16)10-8-6-4-2/h15-16H,3-13H2,1-2H3. The molecule has 0 aliphatic heterocycles. The van der Waals surface area contributed by atoms with Crippen molar-refractivity contribution in [3.8, 4) is 0 Å². The van der Waals surface area contributed by atoms with E-state index >= 15 is 0 Å². The third-order valence-corrected chi connectivity index (χ3v) is 3.54. The topological polar surface area (TPSA) is 40.5 Å². The lowest BCUT2D eigenvalue weighted by Gasteiger charge is -2.30. The maximum absolute atomic E-state index is 9.47. The van der Waals surface area contributed by atoms with Crippen molar-refractivity contribution in [3.63, 3.8) is 0 Å². The molecule has 2 heteroatoms. The van der Waals surface area contributed by atoms with Gasteiger partial charge < -0.3 is 10.2 Å². The van der Waals surface area contributed by atoms with Gasteiger partial charge in [-0.3, -0.25) is 0 Å². The normalized spacial score (nSPS) is 12.0. The molecule has 0 saturated carbocycles. The van der Waals surface area contributed by atoms with Crippen LogP contribution in [0.5, 0.6) is 0 Å². The molecule has 0 aromatic heterocycles. The first-order valence-corrected chi connectivity index (χ1v) is 6.96. The summed E-state index contributed by atoms with van der Waals surface area (Å²) in [5.41, 5.74) is -0.205. The third kappa shape index (κ3) is 6.49. The molecule has 2 nitrogen and oxygen atoms in total. The highest BCUT2D eigenvalue weighted by molar-refractivity contribution is 4.77. The molecule has 0 saturated heterocycles. The predicted molar refractivity (Wildman–Crippen MR) is 69.5 cm³/mol. The summed E-state index contributed by atoms with van der Waals surface area (Å²) in [6.45, 7) is 4.66. The van der Waals surface area contributed by atoms with Crippen molar-refractivity contribution in [1.29, 1.82) is 0 Å². The van der Waals surface area contributed by atoms with Crippen LogP contribution >= 0.6 is 0 Å². The highest BCUT2D eigenvalue weighted by Gasteiger charge is 2.27. The fourth-order valence-corrected chi connectivity index (χ4v) is 2.17. The van der Waals surface area contributed by atoms with Crippen molar-refractivity contribution < 1.29 is 10.2 Å². The Morgan fingerprint density at radius 2 is 1.12 bits per heavy atom. The molecule has 0 aliphatic rings. The molecule has 0 bridgehead atoms. The van der Waals surface area contributed by atoms with E-state index in [4.69, 9.17) is 0 Å². The molecule has 16 heavy (non-hydrogen) atoms. The van der Waals surface area contributed by atoms with Gasteiger partial charge >= 0.3 is 0 Å². The highest BCUT2D eigenvalue weighted by atomic mass is 16.3. The van der Waals surface area contributed by atoms with Crippen LogP contribution in [0.1, 0.15) is 71.6 Å². The molecular weight excluding hydrogens is 200 g/mol. The van der Waals surface area contributed by atoms with Gasteiger partial charge in [0.1, 0.15) is 0 Å². The first-order valence-electron chi connectivity index (χ1n) is 6.96. The number of hydrogen-bond acceptors (Lipinski definition) is 2. The van der Waals surface area contributed by atoms with E-state index in [1.807, 2.05) is 0 Å². The summed E-state index contributed by atoms with van der Waals surface area (Å²) in [4.78, 5) is 0. The van der Waals surface area contributed by atoms with Gasteiger partial charge in [0.25, 0.3) is 0 Å². The summed E-state index contributed by atoms with van der Waals surface area (Å²) in [6.07, 6.45) is 10.4. The van der Waals surface area contributed by atoms with E-state index in [2.05, 4.69) is 13.8 Å². The molecule has 0 fully saturated rings. The molecule has 0 rings (SSSR count). The molecule has 0 radical (unpaired) electrons. The van der Waals surface area contributed by atoms with E-state index in [-0.39, 0.29) is 18.6 Å². The minimum absolute atomic E-state index is 0.138. The van der Waals surface area contributed by atoms with Gasteiger partial charge in [-0.05, 0) is 12.8 Å². The van der Waals surface area contributed by atoms with Gasteiger partial charge in [0, 0.05) is 5.41 Å². The fourth-order valence-electron chi connectivity index (χ4n) is 2.17. The van der Waals surface area contributed by atoms with Gasteiger partial charge in [0.05, 0.1) is 13.2 Å². The third-order valence-electron chi connectivity index (χ3n) is 3.54. The van der Waals surface area contributed by atoms with Crippen molar-refractivity contribution >= 4 is 0 Å². The van der Waals surface area contributed by atoms with Crippen LogP contribution in [-0.2, 0) is 0 Å². The molecule has 0 aliphatic carbocycles. The summed E-state index contributed by atoms with van der Waals surface area (Å²) >= 11 is 0. The quantitative estimate of drug-likeness (QED) is 0.533. The van der Waals surface area contributed by atoms with Crippen LogP contribution in [0.3, 0.4) is 0 Å². The Labute approximate surface area is 101 Å². The smallest absolute Gasteiger partial charge is 0.0509 e. The second-order valence-electron chi connectivity index (χ2n) is 5.08. The van der Waals surface area contributed by atoms with E-state index in [0.29, 0.717) is 0 Å². The Morgan fingerprint density at radius 3 is 1.56 bits per heavy atom. The largest absolute Gasteiger partial charge is 0.396 e. The molecule has 0 atom stereocenters. The second-order valence-corrected chi connectivity index (χ2v) is 5.08. The maximum Gasteiger partial charge on any atom is 0.0509 e. The van der Waals surface area contributed by atoms with Gasteiger partial charge in [0.2, 0.25) is 0 Å². The highest BCUT2D eigenvalue weighted by Crippen LogP contribution is 2.30. The molecule has 0 unspecified atom stereocenters. The summed E-state index contributed by atoms with van der Waals surface area (Å²) in [5.74, 6) is 0. The average Bonchev–Trinajstić information content (AvgIpc) is 2.33. The molecule has 0 spiro atoms. The molecule has 98 valence electrons. The van der Waals surface area contributed by atoms with Crippen molar-refractivity contribution in [1.82, 2.24) is 0 Å².